The third kappa shape index (κ3) is 5.43. The predicted molar refractivity (Wildman–Crippen MR) is 99.9 cm³/mol. The predicted octanol–water partition coefficient (Wildman–Crippen LogP) is 4.12. The molecule has 2 rings (SSSR count). The van der Waals surface area contributed by atoms with E-state index in [9.17, 15) is 13.2 Å². The highest BCUT2D eigenvalue weighted by Crippen LogP contribution is 2.23. The Morgan fingerprint density at radius 2 is 1.74 bits per heavy atom. The van der Waals surface area contributed by atoms with Crippen molar-refractivity contribution in [2.75, 3.05) is 0 Å². The molecule has 0 radical (unpaired) electrons. The maximum absolute atomic E-state index is 12.2. The first-order chi connectivity index (χ1) is 12.8. The molecular weight excluding hydrogens is 370 g/mol. The van der Waals surface area contributed by atoms with Gasteiger partial charge in [-0.25, -0.2) is 17.9 Å². The molecule has 2 aromatic rings. The molecule has 1 atom stereocenters. The lowest BCUT2D eigenvalue weighted by molar-refractivity contribution is -0.182. The maximum atomic E-state index is 12.2. The Kier molecular flexibility index (Phi) is 6.78. The van der Waals surface area contributed by atoms with Gasteiger partial charge >= 0.3 is 5.97 Å². The molecule has 9 heteroatoms. The van der Waals surface area contributed by atoms with Gasteiger partial charge in [0.2, 0.25) is 10.0 Å². The van der Waals surface area contributed by atoms with Crippen molar-refractivity contribution in [2.45, 2.75) is 38.1 Å². The van der Waals surface area contributed by atoms with E-state index in [1.807, 2.05) is 6.92 Å². The Balaban J connectivity index is 2.18. The first-order valence-electron chi connectivity index (χ1n) is 8.27. The number of carbonyl (C=O) groups excluding carboxylic acids is 1. The van der Waals surface area contributed by atoms with Crippen LogP contribution in [0.15, 0.2) is 57.6 Å². The Bertz CT molecular complexity index is 940. The SMILES string of the molecule is CCC(C)NS(=O)(=O)c1ccc(N=Nc2ccc(C)c(C(=O)OO)c2)cc1. The average molecular weight is 391 g/mol. The van der Waals surface area contributed by atoms with Gasteiger partial charge in [0, 0.05) is 6.04 Å². The Labute approximate surface area is 157 Å². The highest BCUT2D eigenvalue weighted by molar-refractivity contribution is 7.89. The van der Waals surface area contributed by atoms with E-state index in [0.29, 0.717) is 23.4 Å². The molecule has 1 unspecified atom stereocenters. The molecule has 8 nitrogen and oxygen atoms in total. The fraction of sp³-hybridized carbons (Fsp3) is 0.278. The molecule has 0 aromatic heterocycles. The first kappa shape index (κ1) is 20.7. The van der Waals surface area contributed by atoms with Gasteiger partial charge in [0.25, 0.3) is 0 Å². The second-order valence-corrected chi connectivity index (χ2v) is 7.72. The van der Waals surface area contributed by atoms with Crippen molar-refractivity contribution in [1.82, 2.24) is 4.72 Å². The van der Waals surface area contributed by atoms with Crippen molar-refractivity contribution in [3.05, 3.63) is 53.6 Å². The maximum Gasteiger partial charge on any atom is 0.373 e. The molecule has 27 heavy (non-hydrogen) atoms. The molecule has 0 saturated heterocycles. The highest BCUT2D eigenvalue weighted by atomic mass is 32.2. The van der Waals surface area contributed by atoms with Crippen molar-refractivity contribution in [1.29, 1.82) is 0 Å². The van der Waals surface area contributed by atoms with Crippen LogP contribution in [-0.2, 0) is 14.9 Å². The van der Waals surface area contributed by atoms with Crippen LogP contribution in [0.5, 0.6) is 0 Å². The smallest absolute Gasteiger partial charge is 0.295 e. The van der Waals surface area contributed by atoms with Crippen molar-refractivity contribution in [3.8, 4) is 0 Å². The molecular formula is C18H21N3O5S. The summed E-state index contributed by atoms with van der Waals surface area (Å²) in [6, 6.07) is 10.5. The number of carbonyl (C=O) groups is 1. The highest BCUT2D eigenvalue weighted by Gasteiger charge is 2.16. The second-order valence-electron chi connectivity index (χ2n) is 6.00. The number of benzene rings is 2. The summed E-state index contributed by atoms with van der Waals surface area (Å²) in [7, 11) is -3.58. The number of nitrogens with zero attached hydrogens (tertiary/aromatic N) is 2. The van der Waals surface area contributed by atoms with Crippen LogP contribution in [0.1, 0.15) is 36.2 Å². The summed E-state index contributed by atoms with van der Waals surface area (Å²) in [6.07, 6.45) is 0.688. The molecule has 0 aliphatic heterocycles. The zero-order valence-corrected chi connectivity index (χ0v) is 16.0. The van der Waals surface area contributed by atoms with E-state index in [1.54, 1.807) is 26.0 Å². The van der Waals surface area contributed by atoms with Crippen molar-refractivity contribution >= 4 is 27.4 Å². The molecule has 0 saturated carbocycles. The van der Waals surface area contributed by atoms with E-state index in [-0.39, 0.29) is 16.5 Å². The van der Waals surface area contributed by atoms with E-state index >= 15 is 0 Å². The largest absolute Gasteiger partial charge is 0.373 e. The van der Waals surface area contributed by atoms with Crippen molar-refractivity contribution < 1.29 is 23.4 Å². The molecule has 2 aromatic carbocycles. The van der Waals surface area contributed by atoms with Gasteiger partial charge in [-0.05, 0) is 62.2 Å². The van der Waals surface area contributed by atoms with Crippen molar-refractivity contribution in [2.24, 2.45) is 10.2 Å². The van der Waals surface area contributed by atoms with E-state index in [0.717, 1.165) is 0 Å². The standard InChI is InChI=1S/C18H21N3O5S/c1-4-13(3)21-27(24,25)16-9-7-14(8-10-16)19-20-15-6-5-12(2)17(11-15)18(22)26-23/h5-11,13,21,23H,4H2,1-3H3. The number of hydrogen-bond donors (Lipinski definition) is 2. The number of azo groups is 1. The molecule has 2 N–H and O–H groups in total. The second kappa shape index (κ2) is 8.85. The normalized spacial score (nSPS) is 12.9. The Morgan fingerprint density at radius 3 is 2.33 bits per heavy atom. The van der Waals surface area contributed by atoms with Gasteiger partial charge < -0.3 is 0 Å². The minimum Gasteiger partial charge on any atom is -0.295 e. The number of sulfonamides is 1. The van der Waals surface area contributed by atoms with Gasteiger partial charge in [0.15, 0.2) is 0 Å². The number of hydrogen-bond acceptors (Lipinski definition) is 7. The van der Waals surface area contributed by atoms with E-state index in [2.05, 4.69) is 19.8 Å². The van der Waals surface area contributed by atoms with Crippen LogP contribution in [0.25, 0.3) is 0 Å². The minimum atomic E-state index is -3.58. The minimum absolute atomic E-state index is 0.144. The molecule has 0 aliphatic rings. The molecule has 0 amide bonds. The zero-order valence-electron chi connectivity index (χ0n) is 15.2. The number of aryl methyl sites for hydroxylation is 1. The summed E-state index contributed by atoms with van der Waals surface area (Å²) in [6.45, 7) is 5.38. The van der Waals surface area contributed by atoms with Crippen molar-refractivity contribution in [3.63, 3.8) is 0 Å². The lowest BCUT2D eigenvalue weighted by Gasteiger charge is -2.11. The van der Waals surface area contributed by atoms with E-state index < -0.39 is 16.0 Å². The average Bonchev–Trinajstić information content (AvgIpc) is 2.66. The van der Waals surface area contributed by atoms with Gasteiger partial charge in [-0.2, -0.15) is 15.5 Å². The van der Waals surface area contributed by atoms with Crippen LogP contribution in [0, 0.1) is 6.92 Å². The van der Waals surface area contributed by atoms with Crippen LogP contribution < -0.4 is 4.72 Å². The molecule has 144 valence electrons. The molecule has 0 heterocycles. The van der Waals surface area contributed by atoms with Crippen LogP contribution in [-0.4, -0.2) is 25.7 Å². The van der Waals surface area contributed by atoms with Gasteiger partial charge in [0.1, 0.15) is 0 Å². The van der Waals surface area contributed by atoms with E-state index in [4.69, 9.17) is 5.26 Å². The third-order valence-electron chi connectivity index (χ3n) is 3.92. The fourth-order valence-electron chi connectivity index (χ4n) is 2.16. The summed E-state index contributed by atoms with van der Waals surface area (Å²) in [4.78, 5) is 15.4. The van der Waals surface area contributed by atoms with Crippen LogP contribution >= 0.6 is 0 Å². The van der Waals surface area contributed by atoms with Crippen LogP contribution in [0.3, 0.4) is 0 Å². The lowest BCUT2D eigenvalue weighted by Crippen LogP contribution is -2.31. The number of rotatable bonds is 7. The summed E-state index contributed by atoms with van der Waals surface area (Å²) in [5.74, 6) is -0.882. The zero-order chi connectivity index (χ0) is 20.0. The van der Waals surface area contributed by atoms with Gasteiger partial charge in [-0.3, -0.25) is 4.89 Å². The lowest BCUT2D eigenvalue weighted by atomic mass is 10.1. The molecule has 0 spiro atoms. The van der Waals surface area contributed by atoms with Gasteiger partial charge in [0.05, 0.1) is 21.8 Å². The summed E-state index contributed by atoms with van der Waals surface area (Å²) in [5.41, 5.74) is 1.63. The van der Waals surface area contributed by atoms with E-state index in [1.165, 1.54) is 30.3 Å². The summed E-state index contributed by atoms with van der Waals surface area (Å²) >= 11 is 0. The van der Waals surface area contributed by atoms with Gasteiger partial charge in [-0.15, -0.1) is 0 Å². The molecule has 0 bridgehead atoms. The molecule has 0 fully saturated rings. The third-order valence-corrected chi connectivity index (χ3v) is 5.53. The first-order valence-corrected chi connectivity index (χ1v) is 9.75. The Hall–Kier alpha value is -2.62. The topological polar surface area (TPSA) is 117 Å². The number of nitrogens with one attached hydrogen (secondary N) is 1. The quantitative estimate of drug-likeness (QED) is 0.418. The fourth-order valence-corrected chi connectivity index (χ4v) is 3.49. The Morgan fingerprint density at radius 1 is 1.15 bits per heavy atom. The molecule has 0 aliphatic carbocycles. The van der Waals surface area contributed by atoms with Gasteiger partial charge in [-0.1, -0.05) is 13.0 Å². The summed E-state index contributed by atoms with van der Waals surface area (Å²) < 4.78 is 27.0. The van der Waals surface area contributed by atoms with Crippen LogP contribution in [0.2, 0.25) is 0 Å². The van der Waals surface area contributed by atoms with Crippen LogP contribution in [0.4, 0.5) is 11.4 Å². The monoisotopic (exact) mass is 391 g/mol. The summed E-state index contributed by atoms with van der Waals surface area (Å²) in [5, 5.41) is 16.6.